The van der Waals surface area contributed by atoms with E-state index in [4.69, 9.17) is 9.47 Å². The third-order valence-corrected chi connectivity index (χ3v) is 4.51. The molecule has 0 unspecified atom stereocenters. The zero-order valence-corrected chi connectivity index (χ0v) is 13.2. The van der Waals surface area contributed by atoms with Crippen LogP contribution in [-0.4, -0.2) is 30.7 Å². The molecule has 6 nitrogen and oxygen atoms in total. The number of thiophene rings is 1. The Morgan fingerprint density at radius 1 is 1.39 bits per heavy atom. The summed E-state index contributed by atoms with van der Waals surface area (Å²) >= 11 is 1.20. The van der Waals surface area contributed by atoms with Crippen LogP contribution in [0.3, 0.4) is 0 Å². The van der Waals surface area contributed by atoms with Crippen LogP contribution in [0.15, 0.2) is 29.6 Å². The van der Waals surface area contributed by atoms with Crippen LogP contribution in [0.4, 0.5) is 0 Å². The van der Waals surface area contributed by atoms with E-state index in [9.17, 15) is 14.7 Å². The van der Waals surface area contributed by atoms with E-state index < -0.39 is 17.9 Å². The Morgan fingerprint density at radius 2 is 2.22 bits per heavy atom. The van der Waals surface area contributed by atoms with E-state index in [0.717, 1.165) is 17.7 Å². The van der Waals surface area contributed by atoms with Gasteiger partial charge in [-0.1, -0.05) is 6.07 Å². The highest BCUT2D eigenvalue weighted by atomic mass is 32.1. The number of rotatable bonds is 5. The van der Waals surface area contributed by atoms with Crippen LogP contribution in [-0.2, 0) is 11.2 Å². The number of benzene rings is 1. The molecule has 3 rings (SSSR count). The molecule has 1 atom stereocenters. The van der Waals surface area contributed by atoms with E-state index >= 15 is 0 Å². The number of carboxylic acid groups (broad SMARTS) is 1. The quantitative estimate of drug-likeness (QED) is 0.876. The maximum absolute atomic E-state index is 12.3. The summed E-state index contributed by atoms with van der Waals surface area (Å²) in [6.45, 7) is 0.595. The Morgan fingerprint density at radius 3 is 2.91 bits per heavy atom. The van der Waals surface area contributed by atoms with Gasteiger partial charge in [-0.05, 0) is 23.3 Å². The minimum atomic E-state index is -1.11. The molecule has 120 valence electrons. The van der Waals surface area contributed by atoms with E-state index in [1.54, 1.807) is 29.6 Å². The van der Waals surface area contributed by atoms with E-state index in [0.29, 0.717) is 22.8 Å². The largest absolute Gasteiger partial charge is 0.496 e. The third kappa shape index (κ3) is 3.14. The van der Waals surface area contributed by atoms with Gasteiger partial charge in [-0.3, -0.25) is 4.79 Å². The fourth-order valence-electron chi connectivity index (χ4n) is 2.42. The van der Waals surface area contributed by atoms with Crippen LogP contribution in [0, 0.1) is 0 Å². The van der Waals surface area contributed by atoms with Crippen molar-refractivity contribution in [1.29, 1.82) is 0 Å². The molecule has 1 aliphatic heterocycles. The molecule has 0 fully saturated rings. The molecule has 0 aliphatic carbocycles. The number of fused-ring (bicyclic) bond motifs is 1. The maximum Gasteiger partial charge on any atom is 0.330 e. The second-order valence-corrected chi connectivity index (χ2v) is 5.97. The molecule has 7 heteroatoms. The van der Waals surface area contributed by atoms with Crippen molar-refractivity contribution in [2.24, 2.45) is 0 Å². The number of carbonyl (C=O) groups excluding carboxylic acids is 1. The monoisotopic (exact) mass is 333 g/mol. The van der Waals surface area contributed by atoms with Gasteiger partial charge in [-0.25, -0.2) is 4.79 Å². The molecule has 1 aliphatic rings. The van der Waals surface area contributed by atoms with Crippen molar-refractivity contribution in [2.45, 2.75) is 12.5 Å². The van der Waals surface area contributed by atoms with Gasteiger partial charge in [-0.2, -0.15) is 0 Å². The van der Waals surface area contributed by atoms with Gasteiger partial charge in [0.25, 0.3) is 5.91 Å². The first-order valence-electron chi connectivity index (χ1n) is 7.00. The van der Waals surface area contributed by atoms with Crippen molar-refractivity contribution in [3.8, 4) is 11.5 Å². The molecule has 0 radical (unpaired) electrons. The van der Waals surface area contributed by atoms with Gasteiger partial charge < -0.3 is 19.9 Å². The molecule has 1 amide bonds. The Balaban J connectivity index is 1.81. The summed E-state index contributed by atoms with van der Waals surface area (Å²) < 4.78 is 10.4. The highest BCUT2D eigenvalue weighted by Gasteiger charge is 2.25. The van der Waals surface area contributed by atoms with Crippen LogP contribution < -0.4 is 14.8 Å². The molecule has 23 heavy (non-hydrogen) atoms. The second-order valence-electron chi connectivity index (χ2n) is 5.06. The highest BCUT2D eigenvalue weighted by molar-refractivity contribution is 7.12. The van der Waals surface area contributed by atoms with Crippen LogP contribution in [0.25, 0.3) is 0 Å². The number of amides is 1. The summed E-state index contributed by atoms with van der Waals surface area (Å²) in [5, 5.41) is 13.7. The Hall–Kier alpha value is -2.54. The maximum atomic E-state index is 12.3. The predicted octanol–water partition coefficient (Wildman–Crippen LogP) is 2.25. The lowest BCUT2D eigenvalue weighted by atomic mass is 10.0. The summed E-state index contributed by atoms with van der Waals surface area (Å²) in [6.07, 6.45) is 0.742. The van der Waals surface area contributed by atoms with Crippen molar-refractivity contribution < 1.29 is 24.2 Å². The Labute approximate surface area is 136 Å². The molecule has 1 aromatic heterocycles. The zero-order valence-electron chi connectivity index (χ0n) is 12.4. The first kappa shape index (κ1) is 15.4. The number of aliphatic carboxylic acids is 1. The molecule has 2 heterocycles. The summed E-state index contributed by atoms with van der Waals surface area (Å²) in [5.41, 5.74) is 1.49. The van der Waals surface area contributed by atoms with Crippen molar-refractivity contribution in [1.82, 2.24) is 5.32 Å². The average Bonchev–Trinajstić information content (AvgIpc) is 3.19. The normalized spacial score (nSPS) is 13.8. The van der Waals surface area contributed by atoms with Crippen molar-refractivity contribution in [3.63, 3.8) is 0 Å². The van der Waals surface area contributed by atoms with E-state index in [1.165, 1.54) is 18.4 Å². The number of nitrogens with one attached hydrogen (secondary N) is 1. The Bertz CT molecular complexity index is 755. The first-order chi connectivity index (χ1) is 11.1. The van der Waals surface area contributed by atoms with Gasteiger partial charge in [0, 0.05) is 17.9 Å². The number of methoxy groups -OCH3 is 1. The van der Waals surface area contributed by atoms with Crippen molar-refractivity contribution >= 4 is 23.2 Å². The number of hydrogen-bond donors (Lipinski definition) is 2. The van der Waals surface area contributed by atoms with Gasteiger partial charge in [0.1, 0.15) is 11.5 Å². The standard InChI is InChI=1S/C16H15NO5S/c1-21-11-7-13(23-8-11)15(18)17-14(16(19)20)10-2-3-12-9(6-10)4-5-22-12/h2-3,6-8,14H,4-5H2,1H3,(H,17,18)(H,19,20)/t14-/m0/s1. The molecule has 0 spiro atoms. The van der Waals surface area contributed by atoms with Gasteiger partial charge in [0.2, 0.25) is 0 Å². The lowest BCUT2D eigenvalue weighted by Gasteiger charge is -2.15. The average molecular weight is 333 g/mol. The van der Waals surface area contributed by atoms with Crippen LogP contribution in [0.1, 0.15) is 26.8 Å². The molecule has 2 aromatic rings. The lowest BCUT2D eigenvalue weighted by Crippen LogP contribution is -2.33. The topological polar surface area (TPSA) is 84.9 Å². The molecule has 0 saturated carbocycles. The summed E-state index contributed by atoms with van der Waals surface area (Å²) in [4.78, 5) is 24.2. The van der Waals surface area contributed by atoms with Crippen LogP contribution in [0.5, 0.6) is 11.5 Å². The van der Waals surface area contributed by atoms with Crippen molar-refractivity contribution in [3.05, 3.63) is 45.6 Å². The number of carboxylic acids is 1. The van der Waals surface area contributed by atoms with Crippen LogP contribution in [0.2, 0.25) is 0 Å². The summed E-state index contributed by atoms with van der Waals surface area (Å²) in [6, 6.07) is 5.65. The molecule has 2 N–H and O–H groups in total. The minimum absolute atomic E-state index is 0.401. The second kappa shape index (κ2) is 6.29. The smallest absolute Gasteiger partial charge is 0.330 e. The zero-order chi connectivity index (χ0) is 16.4. The fraction of sp³-hybridized carbons (Fsp3) is 0.250. The van der Waals surface area contributed by atoms with E-state index in [-0.39, 0.29) is 0 Å². The summed E-state index contributed by atoms with van der Waals surface area (Å²) in [5.74, 6) is -0.211. The van der Waals surface area contributed by atoms with Gasteiger partial charge in [0.15, 0.2) is 6.04 Å². The van der Waals surface area contributed by atoms with Gasteiger partial charge in [-0.15, -0.1) is 11.3 Å². The van der Waals surface area contributed by atoms with Gasteiger partial charge >= 0.3 is 5.97 Å². The molecule has 0 saturated heterocycles. The number of ether oxygens (including phenoxy) is 2. The van der Waals surface area contributed by atoms with E-state index in [1.807, 2.05) is 0 Å². The molecule has 0 bridgehead atoms. The molecular formula is C16H15NO5S. The fourth-order valence-corrected chi connectivity index (χ4v) is 3.18. The lowest BCUT2D eigenvalue weighted by molar-refractivity contribution is -0.139. The minimum Gasteiger partial charge on any atom is -0.496 e. The number of carbonyl (C=O) groups is 2. The SMILES string of the molecule is COc1csc(C(=O)N[C@H](C(=O)O)c2ccc3c(c2)CCO3)c1. The molecular weight excluding hydrogens is 318 g/mol. The van der Waals surface area contributed by atoms with Crippen molar-refractivity contribution in [2.75, 3.05) is 13.7 Å². The van der Waals surface area contributed by atoms with E-state index in [2.05, 4.69) is 5.32 Å². The van der Waals surface area contributed by atoms with Crippen LogP contribution >= 0.6 is 11.3 Å². The first-order valence-corrected chi connectivity index (χ1v) is 7.88. The summed E-state index contributed by atoms with van der Waals surface area (Å²) in [7, 11) is 1.51. The highest BCUT2D eigenvalue weighted by Crippen LogP contribution is 2.29. The Kier molecular flexibility index (Phi) is 4.20. The third-order valence-electron chi connectivity index (χ3n) is 3.60. The number of hydrogen-bond acceptors (Lipinski definition) is 5. The molecule has 1 aromatic carbocycles. The predicted molar refractivity (Wildman–Crippen MR) is 84.4 cm³/mol. The van der Waals surface area contributed by atoms with Gasteiger partial charge in [0.05, 0.1) is 18.6 Å².